The van der Waals surface area contributed by atoms with E-state index in [1.54, 1.807) is 6.21 Å². The molecule has 1 aromatic heterocycles. The molecule has 0 radical (unpaired) electrons. The van der Waals surface area contributed by atoms with E-state index in [0.717, 1.165) is 14.8 Å². The van der Waals surface area contributed by atoms with E-state index in [-0.39, 0.29) is 5.95 Å². The van der Waals surface area contributed by atoms with Crippen LogP contribution < -0.4 is 5.73 Å². The van der Waals surface area contributed by atoms with Crippen molar-refractivity contribution in [1.29, 1.82) is 0 Å². The van der Waals surface area contributed by atoms with Crippen molar-refractivity contribution in [2.45, 2.75) is 0 Å². The summed E-state index contributed by atoms with van der Waals surface area (Å²) in [5.41, 5.74) is 6.37. The van der Waals surface area contributed by atoms with Gasteiger partial charge >= 0.3 is 0 Å². The van der Waals surface area contributed by atoms with Crippen LogP contribution in [0.15, 0.2) is 33.8 Å². The summed E-state index contributed by atoms with van der Waals surface area (Å²) in [6, 6.07) is 7.67. The largest absolute Gasteiger partial charge is 0.365 e. The molecule has 6 nitrogen and oxygen atoms in total. The predicted molar refractivity (Wildman–Crippen MR) is 59.4 cm³/mol. The fourth-order valence-electron chi connectivity index (χ4n) is 0.968. The second-order valence-corrected chi connectivity index (χ2v) is 3.55. The lowest BCUT2D eigenvalue weighted by atomic mass is 10.2. The van der Waals surface area contributed by atoms with Gasteiger partial charge in [0.25, 0.3) is 5.95 Å². The molecular weight excluding hydrogens is 260 g/mol. The molecule has 76 valence electrons. The summed E-state index contributed by atoms with van der Waals surface area (Å²) in [5.74, 6) is 0.151. The van der Waals surface area contributed by atoms with Crippen molar-refractivity contribution in [2.24, 2.45) is 5.10 Å². The van der Waals surface area contributed by atoms with Crippen LogP contribution in [-0.2, 0) is 0 Å². The number of aromatic nitrogens is 4. The fourth-order valence-corrected chi connectivity index (χ4v) is 1.36. The van der Waals surface area contributed by atoms with E-state index < -0.39 is 0 Å². The molecule has 0 aliphatic rings. The third-order valence-electron chi connectivity index (χ3n) is 1.69. The van der Waals surface area contributed by atoms with Crippen molar-refractivity contribution in [3.63, 3.8) is 0 Å². The Hall–Kier alpha value is -1.76. The Labute approximate surface area is 93.9 Å². The van der Waals surface area contributed by atoms with Gasteiger partial charge in [0.05, 0.1) is 6.21 Å². The minimum atomic E-state index is 0.151. The molecule has 1 heterocycles. The molecule has 0 amide bonds. The van der Waals surface area contributed by atoms with Crippen molar-refractivity contribution in [2.75, 3.05) is 5.73 Å². The van der Waals surface area contributed by atoms with Crippen LogP contribution in [0.25, 0.3) is 0 Å². The summed E-state index contributed by atoms with van der Waals surface area (Å²) < 4.78 is 0.945. The van der Waals surface area contributed by atoms with Crippen molar-refractivity contribution < 1.29 is 0 Å². The molecule has 0 saturated heterocycles. The summed E-state index contributed by atoms with van der Waals surface area (Å²) in [4.78, 5) is 1.15. The molecule has 7 heteroatoms. The molecule has 2 N–H and O–H groups in total. The molecule has 2 aromatic rings. The van der Waals surface area contributed by atoms with Gasteiger partial charge in [-0.3, -0.25) is 0 Å². The first-order valence-electron chi connectivity index (χ1n) is 4.10. The average Bonchev–Trinajstić information content (AvgIpc) is 2.63. The number of nitrogens with zero attached hydrogens (tertiary/aromatic N) is 5. The lowest BCUT2D eigenvalue weighted by Gasteiger charge is -1.95. The number of halogens is 1. The first-order chi connectivity index (χ1) is 7.27. The van der Waals surface area contributed by atoms with Gasteiger partial charge in [-0.1, -0.05) is 44.0 Å². The first kappa shape index (κ1) is 9.78. The van der Waals surface area contributed by atoms with Crippen LogP contribution in [0.2, 0.25) is 0 Å². The SMILES string of the molecule is Nc1nnnn1/N=C\c1ccccc1Br. The highest BCUT2D eigenvalue weighted by atomic mass is 79.9. The Morgan fingerprint density at radius 3 is 2.87 bits per heavy atom. The Morgan fingerprint density at radius 2 is 2.20 bits per heavy atom. The minimum Gasteiger partial charge on any atom is -0.365 e. The Bertz CT molecular complexity index is 491. The van der Waals surface area contributed by atoms with E-state index in [4.69, 9.17) is 5.73 Å². The molecule has 0 bridgehead atoms. The monoisotopic (exact) mass is 266 g/mol. The van der Waals surface area contributed by atoms with Crippen LogP contribution in [0.1, 0.15) is 5.56 Å². The molecule has 0 unspecified atom stereocenters. The van der Waals surface area contributed by atoms with Crippen molar-refractivity contribution in [3.05, 3.63) is 34.3 Å². The third kappa shape index (κ3) is 2.18. The standard InChI is InChI=1S/C8H7BrN6/c9-7-4-2-1-3-6(7)5-11-15-8(10)12-13-14-15/h1-5H,(H2,10,12,14)/b11-5-. The summed E-state index contributed by atoms with van der Waals surface area (Å²) in [6.07, 6.45) is 1.62. The van der Waals surface area contributed by atoms with Gasteiger partial charge in [-0.25, -0.2) is 0 Å². The van der Waals surface area contributed by atoms with E-state index in [9.17, 15) is 0 Å². The molecule has 0 aliphatic heterocycles. The second-order valence-electron chi connectivity index (χ2n) is 2.69. The maximum absolute atomic E-state index is 5.44. The summed E-state index contributed by atoms with van der Waals surface area (Å²) in [5, 5.41) is 14.4. The number of benzene rings is 1. The molecule has 0 saturated carbocycles. The van der Waals surface area contributed by atoms with Gasteiger partial charge in [-0.05, 0) is 16.5 Å². The number of hydrogen-bond acceptors (Lipinski definition) is 5. The molecule has 15 heavy (non-hydrogen) atoms. The summed E-state index contributed by atoms with van der Waals surface area (Å²) in [7, 11) is 0. The van der Waals surface area contributed by atoms with E-state index in [1.807, 2.05) is 24.3 Å². The summed E-state index contributed by atoms with van der Waals surface area (Å²) >= 11 is 3.40. The number of nitrogen functional groups attached to an aromatic ring is 1. The zero-order valence-electron chi connectivity index (χ0n) is 7.58. The molecular formula is C8H7BrN6. The van der Waals surface area contributed by atoms with Crippen molar-refractivity contribution >= 4 is 28.1 Å². The maximum Gasteiger partial charge on any atom is 0.263 e. The van der Waals surface area contributed by atoms with Gasteiger partial charge in [0.2, 0.25) is 0 Å². The molecule has 0 spiro atoms. The Kier molecular flexibility index (Phi) is 2.72. The zero-order chi connectivity index (χ0) is 10.7. The molecule has 2 rings (SSSR count). The molecule has 0 aliphatic carbocycles. The van der Waals surface area contributed by atoms with E-state index in [2.05, 4.69) is 36.6 Å². The second kappa shape index (κ2) is 4.18. The van der Waals surface area contributed by atoms with Crippen molar-refractivity contribution in [3.8, 4) is 0 Å². The van der Waals surface area contributed by atoms with E-state index in [1.165, 1.54) is 0 Å². The predicted octanol–water partition coefficient (Wildman–Crippen LogP) is 0.900. The lowest BCUT2D eigenvalue weighted by Crippen LogP contribution is -1.99. The maximum atomic E-state index is 5.44. The van der Waals surface area contributed by atoms with Gasteiger partial charge in [0.15, 0.2) is 0 Å². The number of hydrogen-bond donors (Lipinski definition) is 1. The van der Waals surface area contributed by atoms with E-state index >= 15 is 0 Å². The van der Waals surface area contributed by atoms with Crippen LogP contribution in [0.5, 0.6) is 0 Å². The minimum absolute atomic E-state index is 0.151. The number of rotatable bonds is 2. The zero-order valence-corrected chi connectivity index (χ0v) is 9.16. The Balaban J connectivity index is 2.26. The van der Waals surface area contributed by atoms with Crippen LogP contribution in [0.4, 0.5) is 5.95 Å². The quantitative estimate of drug-likeness (QED) is 0.819. The highest BCUT2D eigenvalue weighted by Crippen LogP contribution is 2.13. The van der Waals surface area contributed by atoms with Crippen LogP contribution >= 0.6 is 15.9 Å². The van der Waals surface area contributed by atoms with Crippen molar-refractivity contribution in [1.82, 2.24) is 20.3 Å². The number of nitrogens with two attached hydrogens (primary N) is 1. The summed E-state index contributed by atoms with van der Waals surface area (Å²) in [6.45, 7) is 0. The highest BCUT2D eigenvalue weighted by Gasteiger charge is 1.98. The highest BCUT2D eigenvalue weighted by molar-refractivity contribution is 9.10. The first-order valence-corrected chi connectivity index (χ1v) is 4.89. The number of tetrazole rings is 1. The topological polar surface area (TPSA) is 82.0 Å². The van der Waals surface area contributed by atoms with Crippen LogP contribution in [0.3, 0.4) is 0 Å². The van der Waals surface area contributed by atoms with Gasteiger partial charge in [0.1, 0.15) is 0 Å². The van der Waals surface area contributed by atoms with Crippen LogP contribution in [-0.4, -0.2) is 26.5 Å². The fraction of sp³-hybridized carbons (Fsp3) is 0. The Morgan fingerprint density at radius 1 is 1.40 bits per heavy atom. The normalized spacial score (nSPS) is 11.0. The lowest BCUT2D eigenvalue weighted by molar-refractivity contribution is 0.699. The van der Waals surface area contributed by atoms with Gasteiger partial charge in [0, 0.05) is 10.0 Å². The third-order valence-corrected chi connectivity index (χ3v) is 2.41. The number of anilines is 1. The average molecular weight is 267 g/mol. The smallest absolute Gasteiger partial charge is 0.263 e. The van der Waals surface area contributed by atoms with E-state index in [0.29, 0.717) is 0 Å². The molecule has 1 aromatic carbocycles. The van der Waals surface area contributed by atoms with Gasteiger partial charge in [-0.15, -0.1) is 0 Å². The van der Waals surface area contributed by atoms with Gasteiger partial charge < -0.3 is 5.73 Å². The van der Waals surface area contributed by atoms with Gasteiger partial charge in [-0.2, -0.15) is 5.10 Å². The molecule has 0 fully saturated rings. The van der Waals surface area contributed by atoms with Crippen LogP contribution in [0, 0.1) is 0 Å². The molecule has 0 atom stereocenters.